The van der Waals surface area contributed by atoms with E-state index in [4.69, 9.17) is 9.97 Å². The molecular formula is C57H38FN5Si. The number of halogens is 1. The SMILES string of the molecule is FC(c1cccc(-n2c3ccc4c(c3c3cccnc32)[Si](c2ccccc2)(c2ccccc2)c2ccccc2N4c2ccccc2)c1)c1ccc2c3ccccc3n3ccnc3c2c1. The lowest BCUT2D eigenvalue weighted by Gasteiger charge is -2.45. The van der Waals surface area contributed by atoms with Crippen molar-refractivity contribution in [1.29, 1.82) is 0 Å². The van der Waals surface area contributed by atoms with E-state index < -0.39 is 14.2 Å². The lowest BCUT2D eigenvalue weighted by atomic mass is 9.98. The summed E-state index contributed by atoms with van der Waals surface area (Å²) in [5.41, 5.74) is 9.17. The largest absolute Gasteiger partial charge is 0.311 e. The van der Waals surface area contributed by atoms with Crippen LogP contribution in [0.5, 0.6) is 0 Å². The summed E-state index contributed by atoms with van der Waals surface area (Å²) in [7, 11) is -3.10. The fourth-order valence-corrected chi connectivity index (χ4v) is 16.1. The number of pyridine rings is 2. The number of imidazole rings is 1. The van der Waals surface area contributed by atoms with E-state index in [1.165, 1.54) is 26.4 Å². The zero-order valence-corrected chi connectivity index (χ0v) is 35.6. The highest BCUT2D eigenvalue weighted by atomic mass is 28.3. The Hall–Kier alpha value is -8.13. The van der Waals surface area contributed by atoms with Gasteiger partial charge in [0.05, 0.1) is 11.0 Å². The van der Waals surface area contributed by atoms with Crippen molar-refractivity contribution < 1.29 is 4.39 Å². The average molecular weight is 840 g/mol. The molecule has 0 saturated heterocycles. The van der Waals surface area contributed by atoms with Gasteiger partial charge in [0.15, 0.2) is 14.2 Å². The minimum atomic E-state index is -3.10. The van der Waals surface area contributed by atoms with Gasteiger partial charge in [-0.2, -0.15) is 0 Å². The van der Waals surface area contributed by atoms with Gasteiger partial charge < -0.3 is 4.90 Å². The molecule has 0 spiro atoms. The molecule has 7 heteroatoms. The van der Waals surface area contributed by atoms with Gasteiger partial charge in [0.25, 0.3) is 0 Å². The Balaban J connectivity index is 1.07. The molecule has 5 nitrogen and oxygen atoms in total. The average Bonchev–Trinajstić information content (AvgIpc) is 4.00. The molecule has 0 saturated carbocycles. The van der Waals surface area contributed by atoms with Crippen LogP contribution in [0.25, 0.3) is 54.9 Å². The van der Waals surface area contributed by atoms with E-state index in [0.717, 1.165) is 66.3 Å². The summed E-state index contributed by atoms with van der Waals surface area (Å²) in [6, 6.07) is 72.9. The number of aromatic nitrogens is 4. The number of alkyl halides is 1. The molecule has 1 aliphatic heterocycles. The number of para-hydroxylation sites is 3. The van der Waals surface area contributed by atoms with Crippen LogP contribution < -0.4 is 25.6 Å². The van der Waals surface area contributed by atoms with Crippen LogP contribution >= 0.6 is 0 Å². The molecule has 1 aliphatic rings. The summed E-state index contributed by atoms with van der Waals surface area (Å²) in [4.78, 5) is 12.3. The van der Waals surface area contributed by atoms with Crippen LogP contribution in [-0.2, 0) is 0 Å². The van der Waals surface area contributed by atoms with E-state index in [9.17, 15) is 0 Å². The van der Waals surface area contributed by atoms with Gasteiger partial charge in [-0.3, -0.25) is 8.97 Å². The first-order chi connectivity index (χ1) is 31.7. The second-order valence-electron chi connectivity index (χ2n) is 16.6. The van der Waals surface area contributed by atoms with Crippen LogP contribution in [0.15, 0.2) is 225 Å². The first kappa shape index (κ1) is 36.5. The van der Waals surface area contributed by atoms with E-state index in [0.29, 0.717) is 11.1 Å². The Morgan fingerprint density at radius 2 is 1.12 bits per heavy atom. The fourth-order valence-electron chi connectivity index (χ4n) is 10.8. The number of nitrogens with zero attached hydrogens (tertiary/aromatic N) is 5. The molecule has 8 aromatic carbocycles. The maximum absolute atomic E-state index is 17.3. The van der Waals surface area contributed by atoms with Crippen molar-refractivity contribution in [1.82, 2.24) is 18.9 Å². The van der Waals surface area contributed by atoms with Gasteiger partial charge >= 0.3 is 0 Å². The number of benzene rings is 8. The quantitative estimate of drug-likeness (QED) is 0.124. The molecule has 0 amide bonds. The molecule has 0 bridgehead atoms. The Morgan fingerprint density at radius 3 is 1.94 bits per heavy atom. The van der Waals surface area contributed by atoms with Gasteiger partial charge in [0.1, 0.15) is 11.3 Å². The predicted octanol–water partition coefficient (Wildman–Crippen LogP) is 11.4. The first-order valence-corrected chi connectivity index (χ1v) is 23.7. The van der Waals surface area contributed by atoms with Crippen LogP contribution in [-0.4, -0.2) is 27.0 Å². The van der Waals surface area contributed by atoms with Crippen molar-refractivity contribution in [2.75, 3.05) is 4.90 Å². The molecule has 5 heterocycles. The Kier molecular flexibility index (Phi) is 8.10. The highest BCUT2D eigenvalue weighted by molar-refractivity contribution is 7.22. The maximum Gasteiger partial charge on any atom is 0.184 e. The molecule has 64 heavy (non-hydrogen) atoms. The number of anilines is 3. The summed E-state index contributed by atoms with van der Waals surface area (Å²) < 4.78 is 21.6. The van der Waals surface area contributed by atoms with E-state index in [1.807, 2.05) is 73.2 Å². The van der Waals surface area contributed by atoms with Crippen molar-refractivity contribution >= 4 is 95.1 Å². The number of fused-ring (bicyclic) bond motifs is 12. The predicted molar refractivity (Wildman–Crippen MR) is 264 cm³/mol. The van der Waals surface area contributed by atoms with Crippen molar-refractivity contribution in [3.63, 3.8) is 0 Å². The molecular weight excluding hydrogens is 802 g/mol. The van der Waals surface area contributed by atoms with Crippen molar-refractivity contribution in [2.45, 2.75) is 6.17 Å². The topological polar surface area (TPSA) is 38.4 Å². The summed E-state index contributed by atoms with van der Waals surface area (Å²) in [5.74, 6) is 0. The second-order valence-corrected chi connectivity index (χ2v) is 20.3. The minimum absolute atomic E-state index is 0.572. The third kappa shape index (κ3) is 5.16. The van der Waals surface area contributed by atoms with Crippen LogP contribution in [0.1, 0.15) is 17.3 Å². The highest BCUT2D eigenvalue weighted by Gasteiger charge is 2.50. The van der Waals surface area contributed by atoms with Gasteiger partial charge in [-0.05, 0) is 104 Å². The van der Waals surface area contributed by atoms with Crippen LogP contribution in [0, 0.1) is 0 Å². The van der Waals surface area contributed by atoms with Gasteiger partial charge in [0.2, 0.25) is 0 Å². The molecule has 302 valence electrons. The van der Waals surface area contributed by atoms with E-state index in [-0.39, 0.29) is 0 Å². The standard InChI is InChI=1S/C57H38FN5Si/c58-54(39-29-30-44-45-24-10-11-26-48(45)61-35-34-60-56(61)47(44)37-39)38-16-14-19-41(36-38)63-50-31-32-51-55(53(50)46-25-15-33-59-57(46)63)64(42-20-6-2-7-21-42,43-22-8-3-9-23-43)52-28-13-12-27-49(52)62(51)40-17-4-1-5-18-40/h1-37,54H. The van der Waals surface area contributed by atoms with E-state index in [1.54, 1.807) is 0 Å². The molecule has 0 fully saturated rings. The minimum Gasteiger partial charge on any atom is -0.311 e. The fraction of sp³-hybridized carbons (Fsp3) is 0.0175. The van der Waals surface area contributed by atoms with Crippen LogP contribution in [0.3, 0.4) is 0 Å². The maximum atomic E-state index is 17.3. The highest BCUT2D eigenvalue weighted by Crippen LogP contribution is 2.43. The van der Waals surface area contributed by atoms with Crippen molar-refractivity contribution in [3.05, 3.63) is 236 Å². The lowest BCUT2D eigenvalue weighted by Crippen LogP contribution is -2.77. The molecule has 0 aliphatic carbocycles. The summed E-state index contributed by atoms with van der Waals surface area (Å²) in [6.07, 6.45) is 4.27. The summed E-state index contributed by atoms with van der Waals surface area (Å²) in [5, 5.41) is 10.5. The van der Waals surface area contributed by atoms with Gasteiger partial charge in [-0.1, -0.05) is 140 Å². The Bertz CT molecular complexity index is 3730. The molecule has 12 aromatic rings. The monoisotopic (exact) mass is 839 g/mol. The third-order valence-corrected chi connectivity index (χ3v) is 18.2. The number of rotatable bonds is 6. The van der Waals surface area contributed by atoms with Gasteiger partial charge in [0, 0.05) is 62.9 Å². The Labute approximate surface area is 369 Å². The first-order valence-electron chi connectivity index (χ1n) is 21.7. The molecule has 1 unspecified atom stereocenters. The molecule has 1 atom stereocenters. The zero-order valence-electron chi connectivity index (χ0n) is 34.6. The van der Waals surface area contributed by atoms with Crippen molar-refractivity contribution in [3.8, 4) is 5.69 Å². The lowest BCUT2D eigenvalue weighted by molar-refractivity contribution is 0.402. The second kappa shape index (κ2) is 14.2. The van der Waals surface area contributed by atoms with E-state index >= 15 is 4.39 Å². The number of hydrogen-bond donors (Lipinski definition) is 0. The van der Waals surface area contributed by atoms with Crippen LogP contribution in [0.4, 0.5) is 21.5 Å². The van der Waals surface area contributed by atoms with Crippen molar-refractivity contribution in [2.24, 2.45) is 0 Å². The van der Waals surface area contributed by atoms with Gasteiger partial charge in [-0.15, -0.1) is 0 Å². The summed E-state index contributed by atoms with van der Waals surface area (Å²) >= 11 is 0. The molecule has 4 aromatic heterocycles. The Morgan fingerprint density at radius 1 is 0.453 bits per heavy atom. The van der Waals surface area contributed by atoms with Gasteiger partial charge in [-0.25, -0.2) is 14.4 Å². The third-order valence-electron chi connectivity index (χ3n) is 13.4. The normalized spacial score (nSPS) is 13.7. The van der Waals surface area contributed by atoms with Crippen LogP contribution in [0.2, 0.25) is 0 Å². The zero-order chi connectivity index (χ0) is 42.4. The summed E-state index contributed by atoms with van der Waals surface area (Å²) in [6.45, 7) is 0. The molecule has 0 N–H and O–H groups in total. The van der Waals surface area contributed by atoms with E-state index in [2.05, 4.69) is 166 Å². The molecule has 0 radical (unpaired) electrons. The smallest absolute Gasteiger partial charge is 0.184 e. The molecule has 13 rings (SSSR count). The number of hydrogen-bond acceptors (Lipinski definition) is 3.